The van der Waals surface area contributed by atoms with Crippen LogP contribution >= 0.6 is 11.8 Å². The van der Waals surface area contributed by atoms with Crippen LogP contribution in [0.15, 0.2) is 29.3 Å². The van der Waals surface area contributed by atoms with E-state index in [1.807, 2.05) is 38.1 Å². The lowest BCUT2D eigenvalue weighted by molar-refractivity contribution is -0.193. The number of aliphatic hydroxyl groups is 2. The quantitative estimate of drug-likeness (QED) is 0.802. The van der Waals surface area contributed by atoms with Gasteiger partial charge in [0.2, 0.25) is 0 Å². The first-order valence-electron chi connectivity index (χ1n) is 8.59. The van der Waals surface area contributed by atoms with Crippen molar-refractivity contribution < 1.29 is 24.1 Å². The molecular weight excluding hydrogens is 359 g/mol. The van der Waals surface area contributed by atoms with Crippen LogP contribution in [0.4, 0.5) is 4.39 Å². The number of nitrogens with zero attached hydrogens (tertiary/aromatic N) is 2. The fourth-order valence-electron chi connectivity index (χ4n) is 3.03. The van der Waals surface area contributed by atoms with Gasteiger partial charge in [0.05, 0.1) is 12.7 Å². The molecule has 26 heavy (non-hydrogen) atoms. The summed E-state index contributed by atoms with van der Waals surface area (Å²) in [6, 6.07) is 6.59. The molecule has 0 radical (unpaired) electrons. The number of alkyl halides is 1. The van der Waals surface area contributed by atoms with Crippen LogP contribution in [-0.2, 0) is 22.8 Å². The fourth-order valence-corrected chi connectivity index (χ4v) is 4.17. The second-order valence-corrected chi connectivity index (χ2v) is 7.90. The molecule has 0 bridgehead atoms. The van der Waals surface area contributed by atoms with Crippen molar-refractivity contribution in [1.82, 2.24) is 4.90 Å². The van der Waals surface area contributed by atoms with Crippen molar-refractivity contribution in [2.45, 2.75) is 56.1 Å². The molecule has 1 aromatic rings. The molecule has 144 valence electrons. The number of fused-ring (bicyclic) bond motifs is 1. The molecule has 2 aliphatic heterocycles. The number of halogens is 1. The third-order valence-corrected chi connectivity index (χ3v) is 5.93. The first-order chi connectivity index (χ1) is 12.4. The van der Waals surface area contributed by atoms with Gasteiger partial charge in [-0.1, -0.05) is 36.0 Å². The third-order valence-electron chi connectivity index (χ3n) is 4.62. The molecule has 3 rings (SSSR count). The van der Waals surface area contributed by atoms with Crippen molar-refractivity contribution >= 4 is 16.9 Å². The van der Waals surface area contributed by atoms with Crippen molar-refractivity contribution in [3.05, 3.63) is 35.4 Å². The van der Waals surface area contributed by atoms with Crippen molar-refractivity contribution in [3.8, 4) is 0 Å². The van der Waals surface area contributed by atoms with Crippen LogP contribution in [0.3, 0.4) is 0 Å². The number of benzene rings is 1. The molecule has 0 aliphatic carbocycles. The van der Waals surface area contributed by atoms with E-state index < -0.39 is 37.1 Å². The van der Waals surface area contributed by atoms with Crippen LogP contribution in [0.25, 0.3) is 0 Å². The molecule has 0 saturated carbocycles. The van der Waals surface area contributed by atoms with Crippen LogP contribution in [0, 0.1) is 0 Å². The van der Waals surface area contributed by atoms with E-state index in [-0.39, 0.29) is 5.44 Å². The van der Waals surface area contributed by atoms with E-state index in [4.69, 9.17) is 9.47 Å². The van der Waals surface area contributed by atoms with Crippen molar-refractivity contribution in [2.75, 3.05) is 14.1 Å². The van der Waals surface area contributed by atoms with Crippen molar-refractivity contribution in [2.24, 2.45) is 4.99 Å². The van der Waals surface area contributed by atoms with Gasteiger partial charge in [0.25, 0.3) is 0 Å². The van der Waals surface area contributed by atoms with E-state index in [2.05, 4.69) is 4.99 Å². The lowest BCUT2D eigenvalue weighted by Gasteiger charge is -2.40. The Kier molecular flexibility index (Phi) is 6.19. The number of hydrogen-bond donors (Lipinski definition) is 2. The van der Waals surface area contributed by atoms with Crippen LogP contribution in [0.2, 0.25) is 0 Å². The SMILES string of the molecule is C[C@H](OCc1ccc(CF)cc1)[C@H]1O[C@@H]2SC(N(C)C)=N[C@@H]2[C@@H](O)[C@@H]1O. The Bertz CT molecular complexity index is 643. The monoisotopic (exact) mass is 384 g/mol. The third kappa shape index (κ3) is 4.04. The van der Waals surface area contributed by atoms with Gasteiger partial charge in [0.15, 0.2) is 5.17 Å². The van der Waals surface area contributed by atoms with Gasteiger partial charge < -0.3 is 24.6 Å². The Morgan fingerprint density at radius 2 is 1.88 bits per heavy atom. The van der Waals surface area contributed by atoms with Crippen LogP contribution in [0.5, 0.6) is 0 Å². The van der Waals surface area contributed by atoms with Gasteiger partial charge in [0, 0.05) is 14.1 Å². The second kappa shape index (κ2) is 8.22. The predicted octanol–water partition coefficient (Wildman–Crippen LogP) is 1.54. The summed E-state index contributed by atoms with van der Waals surface area (Å²) >= 11 is 1.44. The summed E-state index contributed by atoms with van der Waals surface area (Å²) in [7, 11) is 3.76. The molecule has 0 spiro atoms. The fraction of sp³-hybridized carbons (Fsp3) is 0.611. The van der Waals surface area contributed by atoms with Gasteiger partial charge >= 0.3 is 0 Å². The first-order valence-corrected chi connectivity index (χ1v) is 9.47. The molecule has 2 heterocycles. The zero-order valence-corrected chi connectivity index (χ0v) is 15.9. The van der Waals surface area contributed by atoms with Crippen molar-refractivity contribution in [3.63, 3.8) is 0 Å². The maximum absolute atomic E-state index is 12.6. The van der Waals surface area contributed by atoms with Crippen LogP contribution in [0.1, 0.15) is 18.1 Å². The topological polar surface area (TPSA) is 74.5 Å². The highest BCUT2D eigenvalue weighted by atomic mass is 32.2. The highest BCUT2D eigenvalue weighted by Gasteiger charge is 2.50. The molecule has 0 amide bonds. The van der Waals surface area contributed by atoms with E-state index in [9.17, 15) is 14.6 Å². The van der Waals surface area contributed by atoms with Gasteiger partial charge in [-0.2, -0.15) is 0 Å². The molecule has 6 nitrogen and oxygen atoms in total. The normalized spacial score (nSPS) is 32.1. The lowest BCUT2D eigenvalue weighted by Crippen LogP contribution is -2.58. The number of ether oxygens (including phenoxy) is 2. The van der Waals surface area contributed by atoms with Gasteiger partial charge in [-0.25, -0.2) is 4.39 Å². The molecule has 8 heteroatoms. The maximum atomic E-state index is 12.6. The molecule has 1 saturated heterocycles. The zero-order chi connectivity index (χ0) is 18.8. The molecule has 1 aromatic carbocycles. The summed E-state index contributed by atoms with van der Waals surface area (Å²) in [4.78, 5) is 6.31. The highest BCUT2D eigenvalue weighted by molar-refractivity contribution is 8.14. The molecule has 0 aromatic heterocycles. The summed E-state index contributed by atoms with van der Waals surface area (Å²) in [6.45, 7) is 1.63. The van der Waals surface area contributed by atoms with Crippen LogP contribution < -0.4 is 0 Å². The number of thioether (sulfide) groups is 1. The summed E-state index contributed by atoms with van der Waals surface area (Å²) in [5.74, 6) is 0. The summed E-state index contributed by atoms with van der Waals surface area (Å²) in [5.41, 5.74) is 1.19. The first kappa shape index (κ1) is 19.6. The average molecular weight is 384 g/mol. The molecular formula is C18H25FN2O4S. The molecule has 6 atom stereocenters. The lowest BCUT2D eigenvalue weighted by atomic mass is 9.95. The zero-order valence-electron chi connectivity index (χ0n) is 15.1. The minimum Gasteiger partial charge on any atom is -0.388 e. The molecule has 1 fully saturated rings. The minimum absolute atomic E-state index is 0.317. The number of hydrogen-bond acceptors (Lipinski definition) is 7. The number of aliphatic hydroxyl groups excluding tert-OH is 2. The second-order valence-electron chi connectivity index (χ2n) is 6.83. The van der Waals surface area contributed by atoms with Crippen LogP contribution in [-0.4, -0.2) is 70.3 Å². The number of amidine groups is 1. The molecule has 2 N–H and O–H groups in total. The summed E-state index contributed by atoms with van der Waals surface area (Å²) in [6.07, 6.45) is -3.16. The maximum Gasteiger partial charge on any atom is 0.161 e. The Balaban J connectivity index is 1.60. The van der Waals surface area contributed by atoms with E-state index in [1.165, 1.54) is 11.8 Å². The van der Waals surface area contributed by atoms with E-state index in [0.717, 1.165) is 10.7 Å². The average Bonchev–Trinajstić information content (AvgIpc) is 3.08. The van der Waals surface area contributed by atoms with Gasteiger partial charge in [0.1, 0.15) is 36.5 Å². The Labute approximate surface area is 157 Å². The smallest absolute Gasteiger partial charge is 0.161 e. The van der Waals surface area contributed by atoms with E-state index in [1.54, 1.807) is 12.1 Å². The highest BCUT2D eigenvalue weighted by Crippen LogP contribution is 2.38. The Hall–Kier alpha value is -1.19. The van der Waals surface area contributed by atoms with Gasteiger partial charge in [-0.15, -0.1) is 0 Å². The number of rotatable bonds is 5. The van der Waals surface area contributed by atoms with Gasteiger partial charge in [-0.05, 0) is 18.1 Å². The Morgan fingerprint density at radius 1 is 1.23 bits per heavy atom. The van der Waals surface area contributed by atoms with Crippen molar-refractivity contribution in [1.29, 1.82) is 0 Å². The van der Waals surface area contributed by atoms with E-state index in [0.29, 0.717) is 12.2 Å². The van der Waals surface area contributed by atoms with Gasteiger partial charge in [-0.3, -0.25) is 4.99 Å². The minimum atomic E-state index is -1.08. The molecule has 2 aliphatic rings. The van der Waals surface area contributed by atoms with E-state index >= 15 is 0 Å². The summed E-state index contributed by atoms with van der Waals surface area (Å²) < 4.78 is 24.4. The summed E-state index contributed by atoms with van der Waals surface area (Å²) in [5, 5.41) is 21.7. The molecule has 0 unspecified atom stereocenters. The number of aliphatic imine (C=N–C) groups is 1. The Morgan fingerprint density at radius 3 is 2.50 bits per heavy atom. The predicted molar refractivity (Wildman–Crippen MR) is 98.7 cm³/mol. The standard InChI is InChI=1S/C18H25FN2O4S/c1-10(24-9-12-6-4-11(8-19)5-7-12)16-15(23)14(22)13-17(25-16)26-18(20-13)21(2)3/h4-7,10,13-17,22-23H,8-9H2,1-3H3/t10-,13+,14+,15-,16+,17+/m0/s1. The largest absolute Gasteiger partial charge is 0.388 e.